The Morgan fingerprint density at radius 2 is 2.09 bits per heavy atom. The highest BCUT2D eigenvalue weighted by Gasteiger charge is 2.32. The van der Waals surface area contributed by atoms with Crippen LogP contribution in [0.5, 0.6) is 0 Å². The summed E-state index contributed by atoms with van der Waals surface area (Å²) < 4.78 is 30.4. The van der Waals surface area contributed by atoms with Crippen LogP contribution in [0.15, 0.2) is 29.3 Å². The van der Waals surface area contributed by atoms with Crippen molar-refractivity contribution in [2.24, 2.45) is 0 Å². The first kappa shape index (κ1) is 22.2. The van der Waals surface area contributed by atoms with Crippen LogP contribution in [0.25, 0.3) is 10.9 Å². The fourth-order valence-electron chi connectivity index (χ4n) is 3.70. The van der Waals surface area contributed by atoms with Gasteiger partial charge in [0.05, 0.1) is 40.9 Å². The van der Waals surface area contributed by atoms with Gasteiger partial charge in [0.25, 0.3) is 5.56 Å². The summed E-state index contributed by atoms with van der Waals surface area (Å²) in [5.74, 6) is -1.39. The molecule has 0 fully saturated rings. The van der Waals surface area contributed by atoms with Crippen molar-refractivity contribution in [3.63, 3.8) is 0 Å². The number of fused-ring (bicyclic) bond motifs is 2. The summed E-state index contributed by atoms with van der Waals surface area (Å²) >= 11 is 1.05. The lowest BCUT2D eigenvalue weighted by molar-refractivity contribution is -0.116. The molecule has 1 aromatic carbocycles. The third kappa shape index (κ3) is 4.17. The fourth-order valence-corrected chi connectivity index (χ4v) is 6.76. The van der Waals surface area contributed by atoms with Crippen LogP contribution in [0.4, 0.5) is 5.00 Å². The van der Waals surface area contributed by atoms with Crippen LogP contribution < -0.4 is 10.9 Å². The first-order chi connectivity index (χ1) is 15.2. The van der Waals surface area contributed by atoms with E-state index in [2.05, 4.69) is 10.3 Å². The van der Waals surface area contributed by atoms with Gasteiger partial charge in [0.15, 0.2) is 9.84 Å². The maximum absolute atomic E-state index is 12.8. The fraction of sp³-hybridized carbons (Fsp3) is 0.333. The van der Waals surface area contributed by atoms with Crippen LogP contribution in [0.1, 0.15) is 33.3 Å². The van der Waals surface area contributed by atoms with Crippen LogP contribution in [0.2, 0.25) is 0 Å². The highest BCUT2D eigenvalue weighted by atomic mass is 32.2. The van der Waals surface area contributed by atoms with E-state index in [0.717, 1.165) is 16.9 Å². The van der Waals surface area contributed by atoms with Crippen molar-refractivity contribution in [3.8, 4) is 0 Å². The summed E-state index contributed by atoms with van der Waals surface area (Å²) in [4.78, 5) is 42.9. The minimum absolute atomic E-state index is 0.0614. The number of nitrogens with zero attached hydrogens (tertiary/aromatic N) is 2. The van der Waals surface area contributed by atoms with Gasteiger partial charge in [-0.15, -0.1) is 11.3 Å². The summed E-state index contributed by atoms with van der Waals surface area (Å²) in [7, 11) is -3.25. The highest BCUT2D eigenvalue weighted by Crippen LogP contribution is 2.38. The van der Waals surface area contributed by atoms with E-state index in [9.17, 15) is 22.8 Å². The van der Waals surface area contributed by atoms with Gasteiger partial charge >= 0.3 is 5.97 Å². The summed E-state index contributed by atoms with van der Waals surface area (Å²) in [5, 5.41) is 3.30. The Balaban J connectivity index is 1.64. The quantitative estimate of drug-likeness (QED) is 0.560. The number of nitrogens with one attached hydrogen (secondary N) is 1. The number of carbonyl (C=O) groups excluding carboxylic acids is 2. The molecule has 1 aliphatic heterocycles. The maximum atomic E-state index is 12.8. The van der Waals surface area contributed by atoms with E-state index in [-0.39, 0.29) is 47.2 Å². The maximum Gasteiger partial charge on any atom is 0.341 e. The van der Waals surface area contributed by atoms with Gasteiger partial charge in [0.2, 0.25) is 5.91 Å². The molecule has 0 saturated carbocycles. The summed E-state index contributed by atoms with van der Waals surface area (Å²) in [6, 6.07) is 5.25. The standard InChI is InChI=1S/C21H21N3O6S2/c1-3-30-21(27)17-13-7-8-32(28,29)10-15(13)31-19(17)23-16(25)9-24-11-22-18-12(2)5-4-6-14(18)20(24)26/h4-6,11H,3,7-10H2,1-2H3,(H,23,25). The van der Waals surface area contributed by atoms with Crippen molar-refractivity contribution in [3.05, 3.63) is 56.4 Å². The van der Waals surface area contributed by atoms with Gasteiger partial charge in [-0.05, 0) is 37.5 Å². The zero-order chi connectivity index (χ0) is 23.0. The van der Waals surface area contributed by atoms with Gasteiger partial charge in [-0.1, -0.05) is 12.1 Å². The summed E-state index contributed by atoms with van der Waals surface area (Å²) in [5.41, 5.74) is 1.87. The van der Waals surface area contributed by atoms with Crippen molar-refractivity contribution in [1.29, 1.82) is 0 Å². The number of anilines is 1. The van der Waals surface area contributed by atoms with Crippen LogP contribution >= 0.6 is 11.3 Å². The predicted molar refractivity (Wildman–Crippen MR) is 121 cm³/mol. The molecule has 4 rings (SSSR count). The van der Waals surface area contributed by atoms with Gasteiger partial charge < -0.3 is 10.1 Å². The molecular formula is C21H21N3O6S2. The lowest BCUT2D eigenvalue weighted by Crippen LogP contribution is -2.28. The number of aryl methyl sites for hydroxylation is 1. The Bertz CT molecular complexity index is 1400. The molecule has 3 aromatic rings. The lowest BCUT2D eigenvalue weighted by Gasteiger charge is -2.13. The molecule has 1 aliphatic rings. The number of sulfone groups is 1. The molecule has 0 radical (unpaired) electrons. The van der Waals surface area contributed by atoms with Gasteiger partial charge in [-0.2, -0.15) is 0 Å². The SMILES string of the molecule is CCOC(=O)c1c(NC(=O)Cn2cnc3c(C)cccc3c2=O)sc2c1CCS(=O)(=O)C2. The Morgan fingerprint density at radius 1 is 1.31 bits per heavy atom. The third-order valence-corrected chi connectivity index (χ3v) is 8.09. The number of para-hydroxylation sites is 1. The molecule has 1 amide bonds. The molecule has 0 unspecified atom stereocenters. The molecule has 0 atom stereocenters. The van der Waals surface area contributed by atoms with Crippen molar-refractivity contribution in [1.82, 2.24) is 9.55 Å². The van der Waals surface area contributed by atoms with Gasteiger partial charge in [0, 0.05) is 4.88 Å². The van der Waals surface area contributed by atoms with Gasteiger partial charge in [-0.25, -0.2) is 18.2 Å². The number of amides is 1. The Labute approximate surface area is 188 Å². The van der Waals surface area contributed by atoms with E-state index in [1.807, 2.05) is 13.0 Å². The second-order valence-electron chi connectivity index (χ2n) is 7.47. The first-order valence-corrected chi connectivity index (χ1v) is 12.6. The molecule has 9 nitrogen and oxygen atoms in total. The lowest BCUT2D eigenvalue weighted by atomic mass is 10.1. The minimum Gasteiger partial charge on any atom is -0.462 e. The number of esters is 1. The van der Waals surface area contributed by atoms with Gasteiger partial charge in [-0.3, -0.25) is 14.2 Å². The van der Waals surface area contributed by atoms with E-state index in [1.165, 1.54) is 10.9 Å². The molecule has 0 bridgehead atoms. The van der Waals surface area contributed by atoms with Crippen molar-refractivity contribution < 1.29 is 22.7 Å². The van der Waals surface area contributed by atoms with E-state index < -0.39 is 21.7 Å². The second kappa shape index (κ2) is 8.47. The third-order valence-electron chi connectivity index (χ3n) is 5.21. The highest BCUT2D eigenvalue weighted by molar-refractivity contribution is 7.90. The molecule has 3 heterocycles. The molecule has 168 valence electrons. The average molecular weight is 476 g/mol. The zero-order valence-electron chi connectivity index (χ0n) is 17.5. The number of hydrogen-bond acceptors (Lipinski definition) is 8. The van der Waals surface area contributed by atoms with E-state index in [0.29, 0.717) is 21.3 Å². The minimum atomic E-state index is -3.25. The van der Waals surface area contributed by atoms with Gasteiger partial charge in [0.1, 0.15) is 11.5 Å². The van der Waals surface area contributed by atoms with E-state index >= 15 is 0 Å². The predicted octanol–water partition coefficient (Wildman–Crippen LogP) is 2.05. The molecule has 0 aliphatic carbocycles. The molecule has 0 saturated heterocycles. The van der Waals surface area contributed by atoms with E-state index in [4.69, 9.17) is 4.74 Å². The topological polar surface area (TPSA) is 124 Å². The molecule has 11 heteroatoms. The number of ether oxygens (including phenoxy) is 1. The number of thiophene rings is 1. The normalized spacial score (nSPS) is 14.7. The molecule has 32 heavy (non-hydrogen) atoms. The number of carbonyl (C=O) groups is 2. The number of rotatable bonds is 5. The Kier molecular flexibility index (Phi) is 5.87. The monoisotopic (exact) mass is 475 g/mol. The molecule has 0 spiro atoms. The molecule has 2 aromatic heterocycles. The second-order valence-corrected chi connectivity index (χ2v) is 10.8. The largest absolute Gasteiger partial charge is 0.462 e. The first-order valence-electron chi connectivity index (χ1n) is 9.97. The average Bonchev–Trinajstić information content (AvgIpc) is 3.06. The van der Waals surface area contributed by atoms with Crippen LogP contribution in [0.3, 0.4) is 0 Å². The number of aromatic nitrogens is 2. The van der Waals surface area contributed by atoms with Crippen molar-refractivity contribution >= 4 is 49.0 Å². The Morgan fingerprint density at radius 3 is 2.84 bits per heavy atom. The number of hydrogen-bond donors (Lipinski definition) is 1. The summed E-state index contributed by atoms with van der Waals surface area (Å²) in [6.07, 6.45) is 1.50. The van der Waals surface area contributed by atoms with Crippen LogP contribution in [0, 0.1) is 6.92 Å². The van der Waals surface area contributed by atoms with E-state index in [1.54, 1.807) is 19.1 Å². The number of benzene rings is 1. The smallest absolute Gasteiger partial charge is 0.341 e. The van der Waals surface area contributed by atoms with Crippen molar-refractivity contribution in [2.75, 3.05) is 17.7 Å². The summed E-state index contributed by atoms with van der Waals surface area (Å²) in [6.45, 7) is 3.35. The molecular weight excluding hydrogens is 454 g/mol. The molecule has 1 N–H and O–H groups in total. The van der Waals surface area contributed by atoms with Crippen LogP contribution in [-0.4, -0.2) is 42.2 Å². The zero-order valence-corrected chi connectivity index (χ0v) is 19.1. The van der Waals surface area contributed by atoms with Crippen molar-refractivity contribution in [2.45, 2.75) is 32.6 Å². The van der Waals surface area contributed by atoms with Crippen LogP contribution in [-0.2, 0) is 38.1 Å². The Hall–Kier alpha value is -3.05.